The molecule has 1 heterocycles. The van der Waals surface area contributed by atoms with E-state index in [1.165, 1.54) is 6.33 Å². The second-order valence-corrected chi connectivity index (χ2v) is 3.90. The summed E-state index contributed by atoms with van der Waals surface area (Å²) < 4.78 is 0. The van der Waals surface area contributed by atoms with Crippen LogP contribution >= 0.6 is 0 Å². The Morgan fingerprint density at radius 1 is 1.28 bits per heavy atom. The number of hydrogen-bond donors (Lipinski definition) is 1. The third-order valence-corrected chi connectivity index (χ3v) is 2.80. The minimum Gasteiger partial charge on any atom is -0.383 e. The molecule has 0 radical (unpaired) electrons. The maximum absolute atomic E-state index is 9.10. The van der Waals surface area contributed by atoms with E-state index in [4.69, 9.17) is 11.0 Å². The number of para-hydroxylation sites is 1. The van der Waals surface area contributed by atoms with E-state index in [9.17, 15) is 0 Å². The van der Waals surface area contributed by atoms with Gasteiger partial charge in [-0.25, -0.2) is 9.97 Å². The van der Waals surface area contributed by atoms with Gasteiger partial charge in [-0.1, -0.05) is 12.1 Å². The molecule has 0 amide bonds. The van der Waals surface area contributed by atoms with Crippen LogP contribution < -0.4 is 10.6 Å². The molecule has 1 aromatic carbocycles. The standard InChI is InChI=1S/C13H13N5/c1-9-12(15)16-8-17-13(9)18(2)11-6-4-3-5-10(11)7-14/h3-6,8H,1-2H3,(H2,15,16,17). The molecule has 0 aliphatic heterocycles. The van der Waals surface area contributed by atoms with Crippen LogP contribution in [0, 0.1) is 18.3 Å². The quantitative estimate of drug-likeness (QED) is 0.867. The molecular weight excluding hydrogens is 226 g/mol. The highest BCUT2D eigenvalue weighted by atomic mass is 15.2. The number of benzene rings is 1. The van der Waals surface area contributed by atoms with Crippen molar-refractivity contribution in [2.24, 2.45) is 0 Å². The van der Waals surface area contributed by atoms with Crippen molar-refractivity contribution in [3.05, 3.63) is 41.7 Å². The van der Waals surface area contributed by atoms with E-state index >= 15 is 0 Å². The lowest BCUT2D eigenvalue weighted by molar-refractivity contribution is 1.06. The van der Waals surface area contributed by atoms with Gasteiger partial charge < -0.3 is 10.6 Å². The predicted octanol–water partition coefficient (Wildman–Crippen LogP) is 2.01. The van der Waals surface area contributed by atoms with E-state index in [2.05, 4.69) is 16.0 Å². The Balaban J connectivity index is 2.52. The minimum atomic E-state index is 0.446. The van der Waals surface area contributed by atoms with E-state index in [0.29, 0.717) is 17.2 Å². The molecule has 5 nitrogen and oxygen atoms in total. The van der Waals surface area contributed by atoms with Crippen LogP contribution in [0.4, 0.5) is 17.3 Å². The van der Waals surface area contributed by atoms with Crippen molar-refractivity contribution in [3.8, 4) is 6.07 Å². The van der Waals surface area contributed by atoms with Crippen LogP contribution in [0.5, 0.6) is 0 Å². The molecule has 18 heavy (non-hydrogen) atoms. The molecule has 0 bridgehead atoms. The largest absolute Gasteiger partial charge is 0.383 e. The van der Waals surface area contributed by atoms with Crippen molar-refractivity contribution in [1.29, 1.82) is 5.26 Å². The molecular formula is C13H13N5. The van der Waals surface area contributed by atoms with Gasteiger partial charge in [-0.2, -0.15) is 5.26 Å². The normalized spacial score (nSPS) is 9.83. The van der Waals surface area contributed by atoms with E-state index in [1.54, 1.807) is 6.07 Å². The summed E-state index contributed by atoms with van der Waals surface area (Å²) in [6.07, 6.45) is 1.42. The van der Waals surface area contributed by atoms with Gasteiger partial charge in [-0.05, 0) is 19.1 Å². The van der Waals surface area contributed by atoms with Crippen LogP contribution in [0.3, 0.4) is 0 Å². The van der Waals surface area contributed by atoms with Crippen LogP contribution in [0.2, 0.25) is 0 Å². The topological polar surface area (TPSA) is 78.8 Å². The highest BCUT2D eigenvalue weighted by Crippen LogP contribution is 2.28. The zero-order valence-electron chi connectivity index (χ0n) is 10.3. The molecule has 2 aromatic rings. The lowest BCUT2D eigenvalue weighted by Crippen LogP contribution is -2.15. The fourth-order valence-corrected chi connectivity index (χ4v) is 1.77. The number of anilines is 3. The van der Waals surface area contributed by atoms with Gasteiger partial charge in [-0.15, -0.1) is 0 Å². The molecule has 0 saturated carbocycles. The SMILES string of the molecule is Cc1c(N)ncnc1N(C)c1ccccc1C#N. The monoisotopic (exact) mass is 239 g/mol. The highest BCUT2D eigenvalue weighted by molar-refractivity contribution is 5.70. The first-order valence-electron chi connectivity index (χ1n) is 5.45. The Labute approximate surface area is 106 Å². The van der Waals surface area contributed by atoms with Crippen LogP contribution in [-0.2, 0) is 0 Å². The number of nitrogens with two attached hydrogens (primary N) is 1. The van der Waals surface area contributed by atoms with Gasteiger partial charge in [0.05, 0.1) is 11.3 Å². The number of aromatic nitrogens is 2. The van der Waals surface area contributed by atoms with Crippen molar-refractivity contribution in [3.63, 3.8) is 0 Å². The first-order valence-corrected chi connectivity index (χ1v) is 5.45. The first kappa shape index (κ1) is 11.9. The van der Waals surface area contributed by atoms with Crippen molar-refractivity contribution in [1.82, 2.24) is 9.97 Å². The molecule has 5 heteroatoms. The maximum Gasteiger partial charge on any atom is 0.141 e. The Morgan fingerprint density at radius 2 is 2.00 bits per heavy atom. The van der Waals surface area contributed by atoms with Gasteiger partial charge in [0.25, 0.3) is 0 Å². The van der Waals surface area contributed by atoms with Crippen LogP contribution in [0.1, 0.15) is 11.1 Å². The number of rotatable bonds is 2. The smallest absolute Gasteiger partial charge is 0.141 e. The van der Waals surface area contributed by atoms with E-state index in [0.717, 1.165) is 11.3 Å². The molecule has 0 aliphatic carbocycles. The third kappa shape index (κ3) is 1.96. The van der Waals surface area contributed by atoms with Gasteiger partial charge >= 0.3 is 0 Å². The highest BCUT2D eigenvalue weighted by Gasteiger charge is 2.13. The van der Waals surface area contributed by atoms with E-state index in [-0.39, 0.29) is 0 Å². The number of nitrogen functional groups attached to an aromatic ring is 1. The van der Waals surface area contributed by atoms with Gasteiger partial charge in [-0.3, -0.25) is 0 Å². The average Bonchev–Trinajstić information content (AvgIpc) is 2.41. The first-order chi connectivity index (χ1) is 8.65. The predicted molar refractivity (Wildman–Crippen MR) is 70.4 cm³/mol. The molecule has 2 rings (SSSR count). The lowest BCUT2D eigenvalue weighted by atomic mass is 10.1. The van der Waals surface area contributed by atoms with Crippen molar-refractivity contribution >= 4 is 17.3 Å². The lowest BCUT2D eigenvalue weighted by Gasteiger charge is -2.21. The molecule has 0 atom stereocenters. The zero-order valence-corrected chi connectivity index (χ0v) is 10.3. The van der Waals surface area contributed by atoms with Gasteiger partial charge in [0.2, 0.25) is 0 Å². The van der Waals surface area contributed by atoms with Gasteiger partial charge in [0, 0.05) is 12.6 Å². The molecule has 0 fully saturated rings. The summed E-state index contributed by atoms with van der Waals surface area (Å²) in [5.74, 6) is 1.14. The maximum atomic E-state index is 9.10. The third-order valence-electron chi connectivity index (χ3n) is 2.80. The second-order valence-electron chi connectivity index (χ2n) is 3.90. The molecule has 0 spiro atoms. The van der Waals surface area contributed by atoms with Crippen molar-refractivity contribution in [2.45, 2.75) is 6.92 Å². The Hall–Kier alpha value is -2.61. The zero-order chi connectivity index (χ0) is 13.1. The molecule has 1 aromatic heterocycles. The summed E-state index contributed by atoms with van der Waals surface area (Å²) in [5.41, 5.74) is 7.95. The molecule has 0 aliphatic rings. The number of nitriles is 1. The summed E-state index contributed by atoms with van der Waals surface area (Å²) in [6.45, 7) is 1.86. The fourth-order valence-electron chi connectivity index (χ4n) is 1.77. The Bertz CT molecular complexity index is 615. The molecule has 0 saturated heterocycles. The van der Waals surface area contributed by atoms with Crippen LogP contribution in [0.15, 0.2) is 30.6 Å². The van der Waals surface area contributed by atoms with E-state index < -0.39 is 0 Å². The van der Waals surface area contributed by atoms with Gasteiger partial charge in [0.1, 0.15) is 24.0 Å². The Morgan fingerprint density at radius 3 is 2.72 bits per heavy atom. The summed E-state index contributed by atoms with van der Waals surface area (Å²) in [7, 11) is 1.85. The number of nitrogens with zero attached hydrogens (tertiary/aromatic N) is 4. The van der Waals surface area contributed by atoms with Gasteiger partial charge in [0.15, 0.2) is 0 Å². The fraction of sp³-hybridized carbons (Fsp3) is 0.154. The van der Waals surface area contributed by atoms with Crippen molar-refractivity contribution < 1.29 is 0 Å². The Kier molecular flexibility index (Phi) is 3.11. The van der Waals surface area contributed by atoms with Crippen LogP contribution in [-0.4, -0.2) is 17.0 Å². The second kappa shape index (κ2) is 4.72. The summed E-state index contributed by atoms with van der Waals surface area (Å²) in [6, 6.07) is 9.52. The van der Waals surface area contributed by atoms with Crippen LogP contribution in [0.25, 0.3) is 0 Å². The minimum absolute atomic E-state index is 0.446. The summed E-state index contributed by atoms with van der Waals surface area (Å²) in [5, 5.41) is 9.10. The summed E-state index contributed by atoms with van der Waals surface area (Å²) >= 11 is 0. The molecule has 0 unspecified atom stereocenters. The summed E-state index contributed by atoms with van der Waals surface area (Å²) in [4.78, 5) is 9.99. The molecule has 90 valence electrons. The average molecular weight is 239 g/mol. The van der Waals surface area contributed by atoms with E-state index in [1.807, 2.05) is 37.1 Å². The number of hydrogen-bond acceptors (Lipinski definition) is 5. The van der Waals surface area contributed by atoms with Crippen molar-refractivity contribution in [2.75, 3.05) is 17.7 Å². The molecule has 2 N–H and O–H groups in total.